The lowest BCUT2D eigenvalue weighted by atomic mass is 10.1. The molecule has 3 aromatic rings. The standard InChI is InChI=1S/C21H17ClN2O2/c1-14-8-10-18(11-9-14)23-20(25)15-4-2-5-16(12-15)21(26)24-19-7-3-6-17(22)13-19/h2-13H,1H3,(H,23,25)(H,24,26). The molecular weight excluding hydrogens is 348 g/mol. The Morgan fingerprint density at radius 1 is 0.731 bits per heavy atom. The number of anilines is 2. The Balaban J connectivity index is 1.73. The van der Waals surface area contributed by atoms with Crippen LogP contribution in [0.2, 0.25) is 5.02 Å². The van der Waals surface area contributed by atoms with Crippen molar-refractivity contribution in [1.29, 1.82) is 0 Å². The Labute approximate surface area is 156 Å². The van der Waals surface area contributed by atoms with Crippen molar-refractivity contribution in [3.05, 3.63) is 94.5 Å². The fourth-order valence-electron chi connectivity index (χ4n) is 2.41. The van der Waals surface area contributed by atoms with Crippen LogP contribution in [0.15, 0.2) is 72.8 Å². The smallest absolute Gasteiger partial charge is 0.255 e. The number of amides is 2. The first kappa shape index (κ1) is 17.7. The van der Waals surface area contributed by atoms with Gasteiger partial charge in [0.15, 0.2) is 0 Å². The van der Waals surface area contributed by atoms with Crippen molar-refractivity contribution in [1.82, 2.24) is 0 Å². The Morgan fingerprint density at radius 3 is 1.92 bits per heavy atom. The number of rotatable bonds is 4. The Morgan fingerprint density at radius 2 is 1.31 bits per heavy atom. The van der Waals surface area contributed by atoms with Gasteiger partial charge in [0.05, 0.1) is 0 Å². The van der Waals surface area contributed by atoms with Crippen LogP contribution in [0, 0.1) is 6.92 Å². The van der Waals surface area contributed by atoms with Gasteiger partial charge in [-0.25, -0.2) is 0 Å². The number of aryl methyl sites for hydroxylation is 1. The zero-order valence-electron chi connectivity index (χ0n) is 14.1. The molecule has 2 N–H and O–H groups in total. The molecule has 3 rings (SSSR count). The number of benzene rings is 3. The molecule has 26 heavy (non-hydrogen) atoms. The maximum atomic E-state index is 12.4. The molecule has 0 bridgehead atoms. The van der Waals surface area contributed by atoms with Gasteiger partial charge >= 0.3 is 0 Å². The number of nitrogens with one attached hydrogen (secondary N) is 2. The molecule has 0 atom stereocenters. The SMILES string of the molecule is Cc1ccc(NC(=O)c2cccc(C(=O)Nc3cccc(Cl)c3)c2)cc1. The summed E-state index contributed by atoms with van der Waals surface area (Å²) < 4.78 is 0. The van der Waals surface area contributed by atoms with E-state index < -0.39 is 0 Å². The molecule has 0 aliphatic carbocycles. The predicted octanol–water partition coefficient (Wildman–Crippen LogP) is 5.15. The number of halogens is 1. The molecule has 0 unspecified atom stereocenters. The summed E-state index contributed by atoms with van der Waals surface area (Å²) in [5, 5.41) is 6.12. The van der Waals surface area contributed by atoms with Gasteiger partial charge in [0.25, 0.3) is 11.8 Å². The fourth-order valence-corrected chi connectivity index (χ4v) is 2.60. The lowest BCUT2D eigenvalue weighted by molar-refractivity contribution is 0.102. The van der Waals surface area contributed by atoms with Gasteiger partial charge in [0.2, 0.25) is 0 Å². The summed E-state index contributed by atoms with van der Waals surface area (Å²) in [6.45, 7) is 1.98. The summed E-state index contributed by atoms with van der Waals surface area (Å²) in [6, 6.07) is 21.0. The molecule has 0 saturated carbocycles. The first-order valence-corrected chi connectivity index (χ1v) is 8.44. The highest BCUT2D eigenvalue weighted by Crippen LogP contribution is 2.17. The first-order chi connectivity index (χ1) is 12.5. The van der Waals surface area contributed by atoms with E-state index in [-0.39, 0.29) is 11.8 Å². The third kappa shape index (κ3) is 4.49. The van der Waals surface area contributed by atoms with Crippen molar-refractivity contribution in [2.45, 2.75) is 6.92 Å². The molecule has 5 heteroatoms. The van der Waals surface area contributed by atoms with Crippen molar-refractivity contribution in [2.75, 3.05) is 10.6 Å². The van der Waals surface area contributed by atoms with Crippen LogP contribution in [0.25, 0.3) is 0 Å². The van der Waals surface area contributed by atoms with E-state index in [0.717, 1.165) is 5.56 Å². The highest BCUT2D eigenvalue weighted by Gasteiger charge is 2.11. The van der Waals surface area contributed by atoms with E-state index in [2.05, 4.69) is 10.6 Å². The Hall–Kier alpha value is -3.11. The van der Waals surface area contributed by atoms with Crippen molar-refractivity contribution < 1.29 is 9.59 Å². The summed E-state index contributed by atoms with van der Waals surface area (Å²) >= 11 is 5.92. The summed E-state index contributed by atoms with van der Waals surface area (Å²) in [4.78, 5) is 24.8. The second kappa shape index (κ2) is 7.85. The Bertz CT molecular complexity index is 952. The van der Waals surface area contributed by atoms with Gasteiger partial charge in [-0.05, 0) is 55.5 Å². The summed E-state index contributed by atoms with van der Waals surface area (Å²) in [6.07, 6.45) is 0. The topological polar surface area (TPSA) is 58.2 Å². The maximum absolute atomic E-state index is 12.4. The van der Waals surface area contributed by atoms with Crippen LogP contribution < -0.4 is 10.6 Å². The van der Waals surface area contributed by atoms with Crippen molar-refractivity contribution >= 4 is 34.8 Å². The number of carbonyl (C=O) groups is 2. The zero-order valence-corrected chi connectivity index (χ0v) is 14.9. The number of carbonyl (C=O) groups excluding carboxylic acids is 2. The van der Waals surface area contributed by atoms with E-state index in [9.17, 15) is 9.59 Å². The minimum absolute atomic E-state index is 0.272. The van der Waals surface area contributed by atoms with Crippen LogP contribution in [-0.2, 0) is 0 Å². The molecule has 0 aliphatic rings. The highest BCUT2D eigenvalue weighted by atomic mass is 35.5. The Kier molecular flexibility index (Phi) is 5.34. The maximum Gasteiger partial charge on any atom is 0.255 e. The third-order valence-corrected chi connectivity index (χ3v) is 4.01. The van der Waals surface area contributed by atoms with Gasteiger partial charge in [-0.1, -0.05) is 41.4 Å². The average Bonchev–Trinajstić information content (AvgIpc) is 2.64. The summed E-state index contributed by atoms with van der Waals surface area (Å²) in [5.41, 5.74) is 3.21. The van der Waals surface area contributed by atoms with E-state index in [4.69, 9.17) is 11.6 Å². The fraction of sp³-hybridized carbons (Fsp3) is 0.0476. The monoisotopic (exact) mass is 364 g/mol. The van der Waals surface area contributed by atoms with E-state index in [0.29, 0.717) is 27.5 Å². The van der Waals surface area contributed by atoms with Gasteiger partial charge < -0.3 is 10.6 Å². The molecule has 130 valence electrons. The molecule has 0 heterocycles. The molecular formula is C21H17ClN2O2. The van der Waals surface area contributed by atoms with Crippen LogP contribution in [0.4, 0.5) is 11.4 Å². The second-order valence-electron chi connectivity index (χ2n) is 5.87. The minimum atomic E-state index is -0.308. The molecule has 0 radical (unpaired) electrons. The van der Waals surface area contributed by atoms with E-state index in [1.807, 2.05) is 31.2 Å². The lowest BCUT2D eigenvalue weighted by Crippen LogP contribution is -2.15. The van der Waals surface area contributed by atoms with Gasteiger partial charge in [0, 0.05) is 27.5 Å². The summed E-state index contributed by atoms with van der Waals surface area (Å²) in [5.74, 6) is -0.580. The van der Waals surface area contributed by atoms with Crippen molar-refractivity contribution in [3.63, 3.8) is 0 Å². The van der Waals surface area contributed by atoms with E-state index in [1.54, 1.807) is 48.5 Å². The zero-order chi connectivity index (χ0) is 18.5. The second-order valence-corrected chi connectivity index (χ2v) is 6.30. The van der Waals surface area contributed by atoms with Crippen LogP contribution in [0.1, 0.15) is 26.3 Å². The molecule has 0 aliphatic heterocycles. The molecule has 0 aromatic heterocycles. The first-order valence-electron chi connectivity index (χ1n) is 8.06. The quantitative estimate of drug-likeness (QED) is 0.672. The molecule has 2 amide bonds. The molecule has 0 saturated heterocycles. The number of hydrogen-bond donors (Lipinski definition) is 2. The minimum Gasteiger partial charge on any atom is -0.322 e. The van der Waals surface area contributed by atoms with Gasteiger partial charge in [-0.15, -0.1) is 0 Å². The van der Waals surface area contributed by atoms with E-state index in [1.165, 1.54) is 0 Å². The van der Waals surface area contributed by atoms with E-state index >= 15 is 0 Å². The molecule has 0 fully saturated rings. The van der Waals surface area contributed by atoms with Crippen molar-refractivity contribution in [2.24, 2.45) is 0 Å². The van der Waals surface area contributed by atoms with Crippen LogP contribution in [0.3, 0.4) is 0 Å². The number of hydrogen-bond acceptors (Lipinski definition) is 2. The van der Waals surface area contributed by atoms with Crippen LogP contribution >= 0.6 is 11.6 Å². The molecule has 3 aromatic carbocycles. The van der Waals surface area contributed by atoms with Crippen molar-refractivity contribution in [3.8, 4) is 0 Å². The molecule has 0 spiro atoms. The van der Waals surface area contributed by atoms with Crippen LogP contribution in [-0.4, -0.2) is 11.8 Å². The van der Waals surface area contributed by atoms with Crippen LogP contribution in [0.5, 0.6) is 0 Å². The van der Waals surface area contributed by atoms with Gasteiger partial charge in [0.1, 0.15) is 0 Å². The normalized spacial score (nSPS) is 10.2. The summed E-state index contributed by atoms with van der Waals surface area (Å²) in [7, 11) is 0. The largest absolute Gasteiger partial charge is 0.322 e. The van der Waals surface area contributed by atoms with Gasteiger partial charge in [-0.3, -0.25) is 9.59 Å². The highest BCUT2D eigenvalue weighted by molar-refractivity contribution is 6.31. The molecule has 4 nitrogen and oxygen atoms in total. The third-order valence-electron chi connectivity index (χ3n) is 3.78. The van der Waals surface area contributed by atoms with Gasteiger partial charge in [-0.2, -0.15) is 0 Å². The lowest BCUT2D eigenvalue weighted by Gasteiger charge is -2.08. The predicted molar refractivity (Wildman–Crippen MR) is 105 cm³/mol. The average molecular weight is 365 g/mol.